The van der Waals surface area contributed by atoms with E-state index in [-0.39, 0.29) is 24.2 Å². The number of likely N-dealkylation sites (N-methyl/N-ethyl adjacent to an activating group) is 1. The number of carbonyl (C=O) groups is 3. The minimum Gasteiger partial charge on any atom is -0.344 e. The molecule has 0 radical (unpaired) electrons. The van der Waals surface area contributed by atoms with Crippen LogP contribution in [-0.4, -0.2) is 47.0 Å². The molecule has 3 N–H and O–H groups in total. The molecule has 0 aliphatic rings. The molecule has 0 heterocycles. The van der Waals surface area contributed by atoms with Crippen molar-refractivity contribution in [2.75, 3.05) is 13.1 Å². The standard InChI is InChI=1S/C21H33N3O4/c1-5-12-24(6-2)21(27)19(15(3)4)22-20(26)17(14-18(25)23-28)13-16-10-8-7-9-11-16/h7-11,15,17,19,28H,5-6,12-14H2,1-4H3,(H,22,26)(H,23,25). The van der Waals surface area contributed by atoms with Crippen LogP contribution in [0.15, 0.2) is 30.3 Å². The van der Waals surface area contributed by atoms with Gasteiger partial charge in [-0.25, -0.2) is 5.48 Å². The zero-order chi connectivity index (χ0) is 21.1. The van der Waals surface area contributed by atoms with E-state index in [0.29, 0.717) is 19.5 Å². The quantitative estimate of drug-likeness (QED) is 0.397. The highest BCUT2D eigenvalue weighted by molar-refractivity contribution is 5.90. The van der Waals surface area contributed by atoms with E-state index in [1.807, 2.05) is 58.0 Å². The topological polar surface area (TPSA) is 98.7 Å². The van der Waals surface area contributed by atoms with Crippen LogP contribution in [0.5, 0.6) is 0 Å². The summed E-state index contributed by atoms with van der Waals surface area (Å²) >= 11 is 0. The van der Waals surface area contributed by atoms with Crippen LogP contribution in [0.25, 0.3) is 0 Å². The molecule has 7 nitrogen and oxygen atoms in total. The molecule has 0 aliphatic carbocycles. The molecule has 0 bridgehead atoms. The van der Waals surface area contributed by atoms with Gasteiger partial charge in [-0.15, -0.1) is 0 Å². The van der Waals surface area contributed by atoms with Gasteiger partial charge in [0.05, 0.1) is 5.92 Å². The summed E-state index contributed by atoms with van der Waals surface area (Å²) in [5, 5.41) is 11.7. The first-order valence-electron chi connectivity index (χ1n) is 9.89. The monoisotopic (exact) mass is 391 g/mol. The summed E-state index contributed by atoms with van der Waals surface area (Å²) in [5.41, 5.74) is 2.49. The van der Waals surface area contributed by atoms with Gasteiger partial charge in [-0.05, 0) is 31.2 Å². The van der Waals surface area contributed by atoms with Gasteiger partial charge < -0.3 is 10.2 Å². The van der Waals surface area contributed by atoms with Crippen LogP contribution in [0.3, 0.4) is 0 Å². The number of carbonyl (C=O) groups excluding carboxylic acids is 3. The van der Waals surface area contributed by atoms with Crippen LogP contribution < -0.4 is 10.8 Å². The summed E-state index contributed by atoms with van der Waals surface area (Å²) < 4.78 is 0. The Morgan fingerprint density at radius 1 is 1.11 bits per heavy atom. The van der Waals surface area contributed by atoms with Crippen molar-refractivity contribution in [2.24, 2.45) is 11.8 Å². The summed E-state index contributed by atoms with van der Waals surface area (Å²) in [6.07, 6.45) is 1.01. The Labute approximate surface area is 167 Å². The molecule has 0 spiro atoms. The molecule has 0 aromatic heterocycles. The second kappa shape index (κ2) is 12.1. The molecule has 7 heteroatoms. The summed E-state index contributed by atoms with van der Waals surface area (Å²) in [6, 6.07) is 8.69. The normalized spacial score (nSPS) is 12.9. The molecule has 0 fully saturated rings. The zero-order valence-electron chi connectivity index (χ0n) is 17.3. The zero-order valence-corrected chi connectivity index (χ0v) is 17.3. The molecule has 0 aliphatic heterocycles. The lowest BCUT2D eigenvalue weighted by molar-refractivity contribution is -0.139. The van der Waals surface area contributed by atoms with E-state index in [2.05, 4.69) is 5.32 Å². The van der Waals surface area contributed by atoms with Crippen LogP contribution in [-0.2, 0) is 20.8 Å². The van der Waals surface area contributed by atoms with Crippen LogP contribution in [0, 0.1) is 11.8 Å². The first-order chi connectivity index (χ1) is 13.3. The third-order valence-corrected chi connectivity index (χ3v) is 4.67. The number of nitrogens with zero attached hydrogens (tertiary/aromatic N) is 1. The first-order valence-corrected chi connectivity index (χ1v) is 9.89. The average Bonchev–Trinajstić information content (AvgIpc) is 2.69. The van der Waals surface area contributed by atoms with Crippen LogP contribution in [0.1, 0.15) is 46.1 Å². The smallest absolute Gasteiger partial charge is 0.245 e. The van der Waals surface area contributed by atoms with Crippen molar-refractivity contribution in [2.45, 2.75) is 53.0 Å². The molecule has 1 aromatic rings. The van der Waals surface area contributed by atoms with Gasteiger partial charge in [-0.1, -0.05) is 51.1 Å². The number of nitrogens with one attached hydrogen (secondary N) is 2. The van der Waals surface area contributed by atoms with E-state index >= 15 is 0 Å². The largest absolute Gasteiger partial charge is 0.344 e. The summed E-state index contributed by atoms with van der Waals surface area (Å²) in [5.74, 6) is -1.90. The third-order valence-electron chi connectivity index (χ3n) is 4.67. The maximum Gasteiger partial charge on any atom is 0.245 e. The van der Waals surface area contributed by atoms with Crippen LogP contribution >= 0.6 is 0 Å². The van der Waals surface area contributed by atoms with Crippen molar-refractivity contribution in [3.05, 3.63) is 35.9 Å². The molecule has 2 unspecified atom stereocenters. The summed E-state index contributed by atoms with van der Waals surface area (Å²) in [4.78, 5) is 39.3. The minimum absolute atomic E-state index is 0.0913. The number of hydroxylamine groups is 1. The molecule has 1 aromatic carbocycles. The van der Waals surface area contributed by atoms with Gasteiger partial charge in [0.2, 0.25) is 17.7 Å². The van der Waals surface area contributed by atoms with Crippen molar-refractivity contribution in [1.29, 1.82) is 0 Å². The summed E-state index contributed by atoms with van der Waals surface area (Å²) in [7, 11) is 0. The Kier molecular flexibility index (Phi) is 10.2. The minimum atomic E-state index is -0.690. The van der Waals surface area contributed by atoms with E-state index in [1.165, 1.54) is 0 Å². The van der Waals surface area contributed by atoms with Crippen molar-refractivity contribution >= 4 is 17.7 Å². The van der Waals surface area contributed by atoms with Crippen molar-refractivity contribution in [3.63, 3.8) is 0 Å². The van der Waals surface area contributed by atoms with E-state index in [4.69, 9.17) is 5.21 Å². The molecule has 3 amide bonds. The van der Waals surface area contributed by atoms with Gasteiger partial charge in [0.1, 0.15) is 6.04 Å². The van der Waals surface area contributed by atoms with Gasteiger partial charge in [0.25, 0.3) is 0 Å². The fourth-order valence-electron chi connectivity index (χ4n) is 3.10. The Hall–Kier alpha value is -2.41. The van der Waals surface area contributed by atoms with E-state index in [1.54, 1.807) is 10.4 Å². The summed E-state index contributed by atoms with van der Waals surface area (Å²) in [6.45, 7) is 8.89. The van der Waals surface area contributed by atoms with Gasteiger partial charge in [-0.3, -0.25) is 19.6 Å². The average molecular weight is 392 g/mol. The molecule has 1 rings (SSSR count). The molecule has 156 valence electrons. The van der Waals surface area contributed by atoms with Gasteiger partial charge >= 0.3 is 0 Å². The van der Waals surface area contributed by atoms with E-state index in [9.17, 15) is 14.4 Å². The highest BCUT2D eigenvalue weighted by Gasteiger charge is 2.31. The predicted octanol–water partition coefficient (Wildman–Crippen LogP) is 2.14. The number of hydrogen-bond acceptors (Lipinski definition) is 4. The van der Waals surface area contributed by atoms with E-state index < -0.39 is 17.9 Å². The number of amides is 3. The van der Waals surface area contributed by atoms with E-state index in [0.717, 1.165) is 12.0 Å². The number of rotatable bonds is 11. The molecule has 2 atom stereocenters. The van der Waals surface area contributed by atoms with Crippen LogP contribution in [0.2, 0.25) is 0 Å². The third kappa shape index (κ3) is 7.31. The highest BCUT2D eigenvalue weighted by Crippen LogP contribution is 2.15. The maximum absolute atomic E-state index is 12.9. The second-order valence-corrected chi connectivity index (χ2v) is 7.27. The Morgan fingerprint density at radius 2 is 1.75 bits per heavy atom. The molecule has 0 saturated heterocycles. The van der Waals surface area contributed by atoms with Gasteiger partial charge in [-0.2, -0.15) is 0 Å². The second-order valence-electron chi connectivity index (χ2n) is 7.27. The lowest BCUT2D eigenvalue weighted by atomic mass is 9.93. The van der Waals surface area contributed by atoms with Crippen molar-refractivity contribution in [1.82, 2.24) is 15.7 Å². The SMILES string of the molecule is CCCN(CC)C(=O)C(NC(=O)C(CC(=O)NO)Cc1ccccc1)C(C)C. The molecular formula is C21H33N3O4. The molecule has 0 saturated carbocycles. The Balaban J connectivity index is 2.97. The lowest BCUT2D eigenvalue weighted by Gasteiger charge is -2.30. The fourth-order valence-corrected chi connectivity index (χ4v) is 3.10. The maximum atomic E-state index is 12.9. The number of benzene rings is 1. The van der Waals surface area contributed by atoms with Gasteiger partial charge in [0, 0.05) is 19.5 Å². The highest BCUT2D eigenvalue weighted by atomic mass is 16.5. The first kappa shape index (κ1) is 23.6. The van der Waals surface area contributed by atoms with Crippen molar-refractivity contribution in [3.8, 4) is 0 Å². The molecular weight excluding hydrogens is 358 g/mol. The lowest BCUT2D eigenvalue weighted by Crippen LogP contribution is -2.53. The fraction of sp³-hybridized carbons (Fsp3) is 0.571. The predicted molar refractivity (Wildman–Crippen MR) is 107 cm³/mol. The Bertz CT molecular complexity index is 634. The van der Waals surface area contributed by atoms with Gasteiger partial charge in [0.15, 0.2) is 0 Å². The Morgan fingerprint density at radius 3 is 2.25 bits per heavy atom. The van der Waals surface area contributed by atoms with Crippen LogP contribution in [0.4, 0.5) is 0 Å². The number of hydrogen-bond donors (Lipinski definition) is 3. The molecule has 28 heavy (non-hydrogen) atoms. The van der Waals surface area contributed by atoms with Crippen molar-refractivity contribution < 1.29 is 19.6 Å².